The standard InChI is InChI=1S/C26H24ClFN4O3/c1-15-29-21-13-23(32-10-11-35-22(14-32)16-4-7-18(34-3)8-5-16)30-25(24(21)26(33)31(15)2)19-9-6-17(27)12-20(19)28/h4-9,12-13,22H,10-11,14H2,1-3H3/t22-/m1/s1. The third kappa shape index (κ3) is 4.35. The summed E-state index contributed by atoms with van der Waals surface area (Å²) in [6.45, 7) is 3.39. The van der Waals surface area contributed by atoms with E-state index in [1.807, 2.05) is 24.3 Å². The first-order chi connectivity index (χ1) is 16.9. The molecule has 0 saturated carbocycles. The summed E-state index contributed by atoms with van der Waals surface area (Å²) in [4.78, 5) is 24.7. The molecule has 0 radical (unpaired) electrons. The van der Waals surface area contributed by atoms with Crippen LogP contribution >= 0.6 is 11.6 Å². The summed E-state index contributed by atoms with van der Waals surface area (Å²) in [6.07, 6.45) is -0.179. The van der Waals surface area contributed by atoms with Crippen molar-refractivity contribution in [2.75, 3.05) is 31.7 Å². The Bertz CT molecular complexity index is 1470. The van der Waals surface area contributed by atoms with Crippen molar-refractivity contribution in [2.45, 2.75) is 13.0 Å². The molecule has 9 heteroatoms. The molecule has 5 rings (SSSR count). The van der Waals surface area contributed by atoms with Gasteiger partial charge in [-0.15, -0.1) is 0 Å². The summed E-state index contributed by atoms with van der Waals surface area (Å²) >= 11 is 5.98. The first-order valence-electron chi connectivity index (χ1n) is 11.2. The predicted molar refractivity (Wildman–Crippen MR) is 134 cm³/mol. The van der Waals surface area contributed by atoms with Crippen LogP contribution in [0.2, 0.25) is 5.02 Å². The van der Waals surface area contributed by atoms with Crippen LogP contribution in [0.1, 0.15) is 17.5 Å². The fourth-order valence-corrected chi connectivity index (χ4v) is 4.46. The molecule has 4 aromatic rings. The second-order valence-corrected chi connectivity index (χ2v) is 8.89. The van der Waals surface area contributed by atoms with Crippen molar-refractivity contribution in [3.8, 4) is 17.0 Å². The van der Waals surface area contributed by atoms with Gasteiger partial charge >= 0.3 is 0 Å². The van der Waals surface area contributed by atoms with Gasteiger partial charge in [-0.2, -0.15) is 0 Å². The van der Waals surface area contributed by atoms with Gasteiger partial charge in [-0.25, -0.2) is 14.4 Å². The quantitative estimate of drug-likeness (QED) is 0.410. The first-order valence-corrected chi connectivity index (χ1v) is 11.6. The highest BCUT2D eigenvalue weighted by atomic mass is 35.5. The Morgan fingerprint density at radius 2 is 1.91 bits per heavy atom. The van der Waals surface area contributed by atoms with Gasteiger partial charge in [0.1, 0.15) is 29.3 Å². The largest absolute Gasteiger partial charge is 0.497 e. The van der Waals surface area contributed by atoms with Crippen molar-refractivity contribution in [1.29, 1.82) is 0 Å². The number of rotatable bonds is 4. The van der Waals surface area contributed by atoms with Gasteiger partial charge in [0.15, 0.2) is 0 Å². The molecular weight excluding hydrogens is 471 g/mol. The Kier molecular flexibility index (Phi) is 6.17. The molecule has 7 nitrogen and oxygen atoms in total. The zero-order valence-corrected chi connectivity index (χ0v) is 20.3. The van der Waals surface area contributed by atoms with E-state index < -0.39 is 5.82 Å². The van der Waals surface area contributed by atoms with Crippen LogP contribution in [-0.4, -0.2) is 41.3 Å². The molecule has 3 heterocycles. The van der Waals surface area contributed by atoms with E-state index >= 15 is 0 Å². The summed E-state index contributed by atoms with van der Waals surface area (Å²) in [6, 6.07) is 13.9. The molecule has 35 heavy (non-hydrogen) atoms. The van der Waals surface area contributed by atoms with Crippen molar-refractivity contribution in [2.24, 2.45) is 7.05 Å². The summed E-state index contributed by atoms with van der Waals surface area (Å²) in [5.74, 6) is 1.38. The molecule has 2 aromatic carbocycles. The maximum absolute atomic E-state index is 15.0. The molecule has 0 amide bonds. The van der Waals surface area contributed by atoms with Crippen LogP contribution in [0.25, 0.3) is 22.2 Å². The second kappa shape index (κ2) is 9.28. The lowest BCUT2D eigenvalue weighted by Crippen LogP contribution is -2.39. The summed E-state index contributed by atoms with van der Waals surface area (Å²) in [5.41, 5.74) is 1.64. The van der Waals surface area contributed by atoms with Crippen molar-refractivity contribution in [3.05, 3.63) is 81.1 Å². The molecule has 0 bridgehead atoms. The van der Waals surface area contributed by atoms with Crippen LogP contribution in [0.4, 0.5) is 10.2 Å². The SMILES string of the molecule is COc1ccc([C@H]2CN(c3cc4nc(C)n(C)c(=O)c4c(-c4ccc(Cl)cc4F)n3)CCO2)cc1. The number of hydrogen-bond donors (Lipinski definition) is 0. The Morgan fingerprint density at radius 3 is 2.63 bits per heavy atom. The number of methoxy groups -OCH3 is 1. The number of pyridine rings is 1. The number of fused-ring (bicyclic) bond motifs is 1. The average Bonchev–Trinajstić information content (AvgIpc) is 2.87. The number of ether oxygens (including phenoxy) is 2. The van der Waals surface area contributed by atoms with Gasteiger partial charge in [0.05, 0.1) is 30.3 Å². The summed E-state index contributed by atoms with van der Waals surface area (Å²) in [7, 11) is 3.27. The number of morpholine rings is 1. The lowest BCUT2D eigenvalue weighted by atomic mass is 10.1. The smallest absolute Gasteiger partial charge is 0.263 e. The minimum atomic E-state index is -0.552. The van der Waals surface area contributed by atoms with E-state index in [-0.39, 0.29) is 33.3 Å². The van der Waals surface area contributed by atoms with E-state index in [4.69, 9.17) is 26.1 Å². The normalized spacial score (nSPS) is 16.0. The molecule has 1 fully saturated rings. The van der Waals surface area contributed by atoms with Crippen LogP contribution in [0, 0.1) is 12.7 Å². The van der Waals surface area contributed by atoms with Gasteiger partial charge in [0.2, 0.25) is 0 Å². The lowest BCUT2D eigenvalue weighted by molar-refractivity contribution is 0.0395. The van der Waals surface area contributed by atoms with Crippen LogP contribution < -0.4 is 15.2 Å². The van der Waals surface area contributed by atoms with Gasteiger partial charge in [-0.3, -0.25) is 9.36 Å². The predicted octanol–water partition coefficient (Wildman–Crippen LogP) is 4.68. The molecule has 0 N–H and O–H groups in total. The Morgan fingerprint density at radius 1 is 1.14 bits per heavy atom. The maximum atomic E-state index is 15.0. The van der Waals surface area contributed by atoms with Crippen molar-refractivity contribution < 1.29 is 13.9 Å². The van der Waals surface area contributed by atoms with Crippen LogP contribution in [0.5, 0.6) is 5.75 Å². The van der Waals surface area contributed by atoms with Crippen LogP contribution in [-0.2, 0) is 11.8 Å². The van der Waals surface area contributed by atoms with Gasteiger partial charge in [-0.05, 0) is 42.8 Å². The van der Waals surface area contributed by atoms with Gasteiger partial charge in [0.25, 0.3) is 5.56 Å². The van der Waals surface area contributed by atoms with Crippen molar-refractivity contribution in [3.63, 3.8) is 0 Å². The number of benzene rings is 2. The minimum Gasteiger partial charge on any atom is -0.497 e. The zero-order valence-electron chi connectivity index (χ0n) is 19.6. The monoisotopic (exact) mass is 494 g/mol. The van der Waals surface area contributed by atoms with Crippen molar-refractivity contribution in [1.82, 2.24) is 14.5 Å². The third-order valence-electron chi connectivity index (χ3n) is 6.34. The van der Waals surface area contributed by atoms with E-state index in [0.29, 0.717) is 36.9 Å². The molecule has 0 aliphatic carbocycles. The van der Waals surface area contributed by atoms with E-state index in [1.54, 1.807) is 39.3 Å². The molecule has 180 valence electrons. The highest BCUT2D eigenvalue weighted by Gasteiger charge is 2.26. The Balaban J connectivity index is 1.62. The second-order valence-electron chi connectivity index (χ2n) is 8.45. The molecule has 1 saturated heterocycles. The highest BCUT2D eigenvalue weighted by Crippen LogP contribution is 2.33. The minimum absolute atomic E-state index is 0.179. The van der Waals surface area contributed by atoms with Gasteiger partial charge in [-0.1, -0.05) is 23.7 Å². The molecule has 1 atom stereocenters. The number of anilines is 1. The molecule has 0 spiro atoms. The fraction of sp³-hybridized carbons (Fsp3) is 0.269. The van der Waals surface area contributed by atoms with E-state index in [1.165, 1.54) is 10.6 Å². The Labute approximate surface area is 206 Å². The number of hydrogen-bond acceptors (Lipinski definition) is 6. The van der Waals surface area contributed by atoms with E-state index in [0.717, 1.165) is 11.3 Å². The van der Waals surface area contributed by atoms with Crippen molar-refractivity contribution >= 4 is 28.3 Å². The molecule has 0 unspecified atom stereocenters. The zero-order chi connectivity index (χ0) is 24.7. The number of halogens is 2. The fourth-order valence-electron chi connectivity index (χ4n) is 4.30. The highest BCUT2D eigenvalue weighted by molar-refractivity contribution is 6.30. The van der Waals surface area contributed by atoms with E-state index in [9.17, 15) is 9.18 Å². The number of aryl methyl sites for hydroxylation is 1. The number of aromatic nitrogens is 3. The maximum Gasteiger partial charge on any atom is 0.263 e. The molecular formula is C26H24ClFN4O3. The van der Waals surface area contributed by atoms with Crippen LogP contribution in [0.3, 0.4) is 0 Å². The Hall–Kier alpha value is -3.49. The van der Waals surface area contributed by atoms with Gasteiger partial charge in [0, 0.05) is 36.8 Å². The number of nitrogens with zero attached hydrogens (tertiary/aromatic N) is 4. The summed E-state index contributed by atoms with van der Waals surface area (Å²) in [5, 5.41) is 0.534. The average molecular weight is 495 g/mol. The lowest BCUT2D eigenvalue weighted by Gasteiger charge is -2.34. The molecule has 2 aromatic heterocycles. The molecule has 1 aliphatic rings. The topological polar surface area (TPSA) is 69.5 Å². The van der Waals surface area contributed by atoms with Gasteiger partial charge < -0.3 is 14.4 Å². The third-order valence-corrected chi connectivity index (χ3v) is 6.57. The molecule has 1 aliphatic heterocycles. The first kappa shape index (κ1) is 23.3. The van der Waals surface area contributed by atoms with E-state index in [2.05, 4.69) is 9.88 Å². The summed E-state index contributed by atoms with van der Waals surface area (Å²) < 4.78 is 27.7. The van der Waals surface area contributed by atoms with Crippen LogP contribution in [0.15, 0.2) is 53.3 Å².